The molecule has 0 saturated heterocycles. The lowest BCUT2D eigenvalue weighted by molar-refractivity contribution is 0.0817. The second kappa shape index (κ2) is 21.7. The minimum Gasteiger partial charge on any atom is -0.388 e. The van der Waals surface area contributed by atoms with Crippen molar-refractivity contribution in [2.24, 2.45) is 112 Å². The molecular weight excluding hydrogens is 799 g/mol. The fraction of sp³-hybridized carbons (Fsp3) is 0.875. The van der Waals surface area contributed by atoms with Crippen molar-refractivity contribution in [1.29, 1.82) is 0 Å². The van der Waals surface area contributed by atoms with E-state index in [1.165, 1.54) is 133 Å². The number of fused-ring (bicyclic) bond motifs is 1. The fourth-order valence-electron chi connectivity index (χ4n) is 16.7. The highest BCUT2D eigenvalue weighted by atomic mass is 16.3. The topological polar surface area (TPSA) is 32.3 Å². The van der Waals surface area contributed by atoms with Crippen LogP contribution in [0.4, 0.5) is 0 Å². The van der Waals surface area contributed by atoms with Gasteiger partial charge in [-0.3, -0.25) is 0 Å². The molecule has 66 heavy (non-hydrogen) atoms. The van der Waals surface area contributed by atoms with Crippen LogP contribution >= 0.6 is 0 Å². The Morgan fingerprint density at radius 1 is 0.712 bits per heavy atom. The molecule has 0 aromatic heterocycles. The molecule has 7 saturated carbocycles. The van der Waals surface area contributed by atoms with Crippen LogP contribution in [0.15, 0.2) is 47.6 Å². The third kappa shape index (κ3) is 12.0. The Morgan fingerprint density at radius 2 is 1.41 bits per heavy atom. The first-order chi connectivity index (χ1) is 31.5. The van der Waals surface area contributed by atoms with Crippen LogP contribution in [0.2, 0.25) is 0 Å². The molecule has 0 amide bonds. The van der Waals surface area contributed by atoms with Crippen molar-refractivity contribution >= 4 is 0 Å². The number of nitrogens with one attached hydrogen (secondary N) is 1. The molecule has 18 unspecified atom stereocenters. The molecule has 0 aliphatic heterocycles. The van der Waals surface area contributed by atoms with Crippen molar-refractivity contribution in [2.45, 2.75) is 242 Å². The van der Waals surface area contributed by atoms with Crippen molar-refractivity contribution in [3.05, 3.63) is 47.6 Å². The zero-order chi connectivity index (χ0) is 47.2. The van der Waals surface area contributed by atoms with E-state index in [1.54, 1.807) is 0 Å². The molecule has 8 rings (SSSR count). The smallest absolute Gasteiger partial charge is 0.0778 e. The van der Waals surface area contributed by atoms with Crippen LogP contribution in [-0.4, -0.2) is 23.3 Å². The van der Waals surface area contributed by atoms with E-state index in [0.717, 1.165) is 115 Å². The quantitative estimate of drug-likeness (QED) is 0.106. The number of hydrogen-bond acceptors (Lipinski definition) is 2. The molecule has 2 heteroatoms. The van der Waals surface area contributed by atoms with E-state index in [2.05, 4.69) is 74.6 Å². The van der Waals surface area contributed by atoms with Gasteiger partial charge in [0.05, 0.1) is 6.10 Å². The summed E-state index contributed by atoms with van der Waals surface area (Å²) in [6.07, 6.45) is 31.9. The Bertz CT molecular complexity index is 1690. The fourth-order valence-corrected chi connectivity index (χ4v) is 16.7. The summed E-state index contributed by atoms with van der Waals surface area (Å²) in [4.78, 5) is 0. The molecule has 0 aromatic carbocycles. The van der Waals surface area contributed by atoms with Gasteiger partial charge in [-0.05, 0) is 246 Å². The summed E-state index contributed by atoms with van der Waals surface area (Å²) in [7, 11) is 0. The van der Waals surface area contributed by atoms with Crippen LogP contribution in [0.25, 0.3) is 0 Å². The zero-order valence-electron chi connectivity index (χ0n) is 45.2. The highest BCUT2D eigenvalue weighted by Gasteiger charge is 2.51. The Kier molecular flexibility index (Phi) is 16.8. The van der Waals surface area contributed by atoms with Crippen LogP contribution in [0.3, 0.4) is 0 Å². The lowest BCUT2D eigenvalue weighted by Gasteiger charge is -2.45. The summed E-state index contributed by atoms with van der Waals surface area (Å²) in [5.41, 5.74) is 8.43. The Labute approximate surface area is 409 Å². The van der Waals surface area contributed by atoms with Gasteiger partial charge in [0.15, 0.2) is 0 Å². The maximum Gasteiger partial charge on any atom is 0.0778 e. The van der Waals surface area contributed by atoms with E-state index in [0.29, 0.717) is 47.1 Å². The van der Waals surface area contributed by atoms with E-state index in [9.17, 15) is 5.11 Å². The van der Waals surface area contributed by atoms with E-state index >= 15 is 0 Å². The van der Waals surface area contributed by atoms with Crippen molar-refractivity contribution in [2.75, 3.05) is 0 Å². The van der Waals surface area contributed by atoms with Crippen LogP contribution in [-0.2, 0) is 0 Å². The number of aliphatic hydroxyl groups excluding tert-OH is 1. The molecule has 2 nitrogen and oxygen atoms in total. The Balaban J connectivity index is 0.838. The molecule has 2 N–H and O–H groups in total. The summed E-state index contributed by atoms with van der Waals surface area (Å²) < 4.78 is 0. The summed E-state index contributed by atoms with van der Waals surface area (Å²) in [5.74, 6) is 14.0. The SMILES string of the molecule is C=C(CCC(C(=C)C(O)C1CCC(NC2CC(C3CC3CC(C)(C)CC)CC(C3=C4CC(C5CC5)CCC4CC3)C2C)CC1)C(C)CC)C(C)C(C)C(=C)CC1CC1C1CC(C)CCC1C. The summed E-state index contributed by atoms with van der Waals surface area (Å²) in [5, 5.41) is 16.6. The molecule has 0 heterocycles. The van der Waals surface area contributed by atoms with Gasteiger partial charge in [-0.15, -0.1) is 0 Å². The molecule has 18 atom stereocenters. The first-order valence-electron chi connectivity index (χ1n) is 29.7. The van der Waals surface area contributed by atoms with Crippen LogP contribution < -0.4 is 5.32 Å². The molecule has 0 bridgehead atoms. The average molecular weight is 907 g/mol. The summed E-state index contributed by atoms with van der Waals surface area (Å²) in [6, 6.07) is 1.22. The highest BCUT2D eigenvalue weighted by molar-refractivity contribution is 5.29. The van der Waals surface area contributed by atoms with E-state index < -0.39 is 6.10 Å². The number of aliphatic hydroxyl groups is 1. The zero-order valence-corrected chi connectivity index (χ0v) is 45.2. The molecule has 7 fully saturated rings. The van der Waals surface area contributed by atoms with Gasteiger partial charge in [-0.25, -0.2) is 0 Å². The minimum atomic E-state index is -0.393. The lowest BCUT2D eigenvalue weighted by Crippen LogP contribution is -2.50. The lowest BCUT2D eigenvalue weighted by atomic mass is 9.65. The second-order valence-electron chi connectivity index (χ2n) is 27.5. The van der Waals surface area contributed by atoms with Gasteiger partial charge in [0, 0.05) is 12.1 Å². The minimum absolute atomic E-state index is 0.338. The van der Waals surface area contributed by atoms with Crippen molar-refractivity contribution in [1.82, 2.24) is 5.32 Å². The maximum absolute atomic E-state index is 12.2. The predicted octanol–water partition coefficient (Wildman–Crippen LogP) is 17.4. The van der Waals surface area contributed by atoms with Crippen LogP contribution in [0, 0.1) is 112 Å². The summed E-state index contributed by atoms with van der Waals surface area (Å²) >= 11 is 0. The molecule has 0 spiro atoms. The predicted molar refractivity (Wildman–Crippen MR) is 284 cm³/mol. The van der Waals surface area contributed by atoms with Crippen LogP contribution in [0.1, 0.15) is 223 Å². The van der Waals surface area contributed by atoms with Gasteiger partial charge < -0.3 is 10.4 Å². The Hall–Kier alpha value is -1.12. The first-order valence-corrected chi connectivity index (χ1v) is 29.7. The van der Waals surface area contributed by atoms with Gasteiger partial charge in [0.2, 0.25) is 0 Å². The average Bonchev–Trinajstić information content (AvgIpc) is 4.25. The van der Waals surface area contributed by atoms with Crippen molar-refractivity contribution in [3.8, 4) is 0 Å². The molecule has 0 aromatic rings. The van der Waals surface area contributed by atoms with E-state index in [-0.39, 0.29) is 0 Å². The van der Waals surface area contributed by atoms with Crippen LogP contribution in [0.5, 0.6) is 0 Å². The monoisotopic (exact) mass is 906 g/mol. The van der Waals surface area contributed by atoms with Gasteiger partial charge >= 0.3 is 0 Å². The molecule has 0 radical (unpaired) electrons. The van der Waals surface area contributed by atoms with Gasteiger partial charge in [-0.1, -0.05) is 137 Å². The second-order valence-corrected chi connectivity index (χ2v) is 27.5. The molecular formula is C64H107NO. The number of allylic oxidation sites excluding steroid dienone is 4. The maximum atomic E-state index is 12.2. The molecule has 8 aliphatic carbocycles. The van der Waals surface area contributed by atoms with Gasteiger partial charge in [-0.2, -0.15) is 0 Å². The third-order valence-electron chi connectivity index (χ3n) is 22.8. The van der Waals surface area contributed by atoms with Gasteiger partial charge in [0.25, 0.3) is 0 Å². The van der Waals surface area contributed by atoms with Crippen molar-refractivity contribution in [3.63, 3.8) is 0 Å². The number of hydrogen-bond donors (Lipinski definition) is 2. The van der Waals surface area contributed by atoms with E-state index in [1.807, 2.05) is 11.1 Å². The molecule has 374 valence electrons. The van der Waals surface area contributed by atoms with E-state index in [4.69, 9.17) is 19.7 Å². The standard InChI is InChI=1S/C64H107NO/c1-14-39(4)55(28-18-40(5)43(8)44(9)42(7)31-51-34-61(51)57-30-38(3)16-17-41(57)6)46(11)63(66)49-23-26-54(27-24-49)65-62-36-52(59-35-53(59)37-64(12,13)15-2)33-58(45(62)10)56-29-25-48-21-22-50(32-60(48)56)47-19-20-47/h38-39,41,43-45,47-55,57-59,61-63,65-66H,5,7,11,14-37H2,1-4,6,8-10,12-13H3. The largest absolute Gasteiger partial charge is 0.388 e. The highest BCUT2D eigenvalue weighted by Crippen LogP contribution is 2.60. The molecule has 8 aliphatic rings. The first kappa shape index (κ1) is 51.2. The third-order valence-corrected chi connectivity index (χ3v) is 22.8. The van der Waals surface area contributed by atoms with Crippen molar-refractivity contribution < 1.29 is 5.11 Å². The Morgan fingerprint density at radius 3 is 2.11 bits per heavy atom. The normalized spacial score (nSPS) is 40.5. The van der Waals surface area contributed by atoms with Gasteiger partial charge in [0.1, 0.15) is 0 Å². The number of rotatable bonds is 22. The summed E-state index contributed by atoms with van der Waals surface area (Å²) in [6.45, 7) is 38.9.